The van der Waals surface area contributed by atoms with Gasteiger partial charge in [-0.1, -0.05) is 167 Å². The predicted molar refractivity (Wildman–Crippen MR) is 213 cm³/mol. The fourth-order valence-electron chi connectivity index (χ4n) is 6.55. The van der Waals surface area contributed by atoms with E-state index in [1.54, 1.807) is 12.1 Å². The molecule has 298 valence electrons. The molecule has 7 heteroatoms. The standard InChI is InChI=1S/C44H80O7/c1-3-4-5-6-7-8-15-20-25-30-35-49-41-38-40(44(47)48-2)39-42(50-36-31-26-21-16-11-9-13-18-23-28-33-45)43(41)51-37-32-27-22-17-12-10-14-19-24-29-34-46/h38-39,45-46H,3-37H2,1-2H3. The first kappa shape index (κ1) is 47.0. The van der Waals surface area contributed by atoms with Gasteiger partial charge < -0.3 is 29.2 Å². The van der Waals surface area contributed by atoms with Crippen LogP contribution in [0.1, 0.15) is 210 Å². The van der Waals surface area contributed by atoms with Crippen LogP contribution >= 0.6 is 0 Å². The topological polar surface area (TPSA) is 94.5 Å². The summed E-state index contributed by atoms with van der Waals surface area (Å²) in [4.78, 5) is 12.6. The Labute approximate surface area is 314 Å². The van der Waals surface area contributed by atoms with Crippen LogP contribution in [0.3, 0.4) is 0 Å². The monoisotopic (exact) mass is 721 g/mol. The van der Waals surface area contributed by atoms with Crippen molar-refractivity contribution in [3.8, 4) is 17.2 Å². The van der Waals surface area contributed by atoms with Gasteiger partial charge in [-0.25, -0.2) is 4.79 Å². The van der Waals surface area contributed by atoms with Gasteiger partial charge in [0.15, 0.2) is 11.5 Å². The van der Waals surface area contributed by atoms with E-state index in [1.165, 1.54) is 136 Å². The molecule has 1 rings (SSSR count). The molecule has 0 unspecified atom stereocenters. The molecule has 0 saturated heterocycles. The number of rotatable bonds is 39. The molecule has 0 fully saturated rings. The van der Waals surface area contributed by atoms with Crippen LogP contribution in [0.15, 0.2) is 12.1 Å². The molecule has 2 N–H and O–H groups in total. The second-order valence-electron chi connectivity index (χ2n) is 14.5. The first-order chi connectivity index (χ1) is 25.2. The van der Waals surface area contributed by atoms with E-state index in [2.05, 4.69) is 6.92 Å². The van der Waals surface area contributed by atoms with Gasteiger partial charge in [-0.2, -0.15) is 0 Å². The number of esters is 1. The van der Waals surface area contributed by atoms with E-state index in [-0.39, 0.29) is 0 Å². The number of hydrogen-bond donors (Lipinski definition) is 2. The molecule has 51 heavy (non-hydrogen) atoms. The third-order valence-corrected chi connectivity index (χ3v) is 9.81. The minimum atomic E-state index is -0.403. The molecule has 0 aliphatic rings. The Morgan fingerprint density at radius 2 is 0.745 bits per heavy atom. The first-order valence-electron chi connectivity index (χ1n) is 21.5. The van der Waals surface area contributed by atoms with Crippen molar-refractivity contribution in [1.82, 2.24) is 0 Å². The zero-order chi connectivity index (χ0) is 36.9. The lowest BCUT2D eigenvalue weighted by Gasteiger charge is -2.18. The van der Waals surface area contributed by atoms with Gasteiger partial charge in [-0.3, -0.25) is 0 Å². The number of carbonyl (C=O) groups is 1. The molecular weight excluding hydrogens is 640 g/mol. The van der Waals surface area contributed by atoms with E-state index < -0.39 is 5.97 Å². The quantitative estimate of drug-likeness (QED) is 0.0516. The first-order valence-corrected chi connectivity index (χ1v) is 21.5. The van der Waals surface area contributed by atoms with Crippen molar-refractivity contribution in [2.75, 3.05) is 40.1 Å². The van der Waals surface area contributed by atoms with E-state index in [1.807, 2.05) is 0 Å². The molecule has 0 atom stereocenters. The van der Waals surface area contributed by atoms with Crippen LogP contribution in [0.4, 0.5) is 0 Å². The number of aliphatic hydroxyl groups is 2. The summed E-state index contributed by atoms with van der Waals surface area (Å²) < 4.78 is 24.1. The highest BCUT2D eigenvalue weighted by molar-refractivity contribution is 5.91. The molecule has 0 aliphatic heterocycles. The van der Waals surface area contributed by atoms with Gasteiger partial charge in [0.25, 0.3) is 0 Å². The highest BCUT2D eigenvalue weighted by Crippen LogP contribution is 2.40. The fraction of sp³-hybridized carbons (Fsp3) is 0.841. The summed E-state index contributed by atoms with van der Waals surface area (Å²) in [6, 6.07) is 3.51. The number of ether oxygens (including phenoxy) is 4. The smallest absolute Gasteiger partial charge is 0.338 e. The van der Waals surface area contributed by atoms with E-state index in [9.17, 15) is 4.79 Å². The molecule has 0 radical (unpaired) electrons. The van der Waals surface area contributed by atoms with Crippen molar-refractivity contribution in [1.29, 1.82) is 0 Å². The van der Waals surface area contributed by atoms with Crippen molar-refractivity contribution >= 4 is 5.97 Å². The Morgan fingerprint density at radius 1 is 0.451 bits per heavy atom. The molecule has 0 aliphatic carbocycles. The van der Waals surface area contributed by atoms with Crippen LogP contribution < -0.4 is 14.2 Å². The van der Waals surface area contributed by atoms with Crippen LogP contribution in [-0.2, 0) is 4.74 Å². The van der Waals surface area contributed by atoms with E-state index in [0.29, 0.717) is 55.8 Å². The van der Waals surface area contributed by atoms with Crippen LogP contribution in [0, 0.1) is 0 Å². The molecule has 1 aromatic rings. The zero-order valence-electron chi connectivity index (χ0n) is 33.3. The third kappa shape index (κ3) is 27.3. The normalized spacial score (nSPS) is 11.2. The Bertz CT molecular complexity index is 906. The summed E-state index contributed by atoms with van der Waals surface area (Å²) >= 11 is 0. The molecule has 0 amide bonds. The van der Waals surface area contributed by atoms with Crippen molar-refractivity contribution in [3.05, 3.63) is 17.7 Å². The SMILES string of the molecule is CCCCCCCCCCCCOc1cc(C(=O)OC)cc(OCCCCCCCCCCCCO)c1OCCCCCCCCCCCCO. The molecule has 1 aromatic carbocycles. The number of hydrogen-bond acceptors (Lipinski definition) is 7. The molecule has 0 saturated carbocycles. The summed E-state index contributed by atoms with van der Waals surface area (Å²) in [7, 11) is 1.41. The molecular formula is C44H80O7. The average molecular weight is 721 g/mol. The number of aliphatic hydroxyl groups excluding tert-OH is 2. The number of benzene rings is 1. The van der Waals surface area contributed by atoms with Gasteiger partial charge in [-0.05, 0) is 44.2 Å². The predicted octanol–water partition coefficient (Wildman–Crippen LogP) is 12.3. The maximum atomic E-state index is 12.6. The summed E-state index contributed by atoms with van der Waals surface area (Å²) in [6.07, 6.45) is 35.9. The molecule has 0 bridgehead atoms. The Kier molecular flexibility index (Phi) is 33.5. The van der Waals surface area contributed by atoms with Crippen LogP contribution in [0.25, 0.3) is 0 Å². The molecule has 0 aromatic heterocycles. The lowest BCUT2D eigenvalue weighted by Crippen LogP contribution is -2.09. The third-order valence-electron chi connectivity index (χ3n) is 9.81. The Morgan fingerprint density at radius 3 is 1.06 bits per heavy atom. The van der Waals surface area contributed by atoms with Crippen LogP contribution in [-0.4, -0.2) is 56.3 Å². The van der Waals surface area contributed by atoms with Crippen molar-refractivity contribution < 1.29 is 34.0 Å². The lowest BCUT2D eigenvalue weighted by atomic mass is 10.1. The van der Waals surface area contributed by atoms with Gasteiger partial charge >= 0.3 is 5.97 Å². The second kappa shape index (κ2) is 36.4. The van der Waals surface area contributed by atoms with E-state index in [4.69, 9.17) is 29.2 Å². The summed E-state index contributed by atoms with van der Waals surface area (Å²) in [5.74, 6) is 1.35. The summed E-state index contributed by atoms with van der Waals surface area (Å²) in [5, 5.41) is 17.8. The molecule has 0 heterocycles. The zero-order valence-corrected chi connectivity index (χ0v) is 33.3. The molecule has 7 nitrogen and oxygen atoms in total. The van der Waals surface area contributed by atoms with E-state index in [0.717, 1.165) is 64.2 Å². The lowest BCUT2D eigenvalue weighted by molar-refractivity contribution is 0.0599. The van der Waals surface area contributed by atoms with Crippen LogP contribution in [0.2, 0.25) is 0 Å². The van der Waals surface area contributed by atoms with Crippen molar-refractivity contribution in [2.45, 2.75) is 200 Å². The number of unbranched alkanes of at least 4 members (excludes halogenated alkanes) is 27. The van der Waals surface area contributed by atoms with Crippen molar-refractivity contribution in [2.24, 2.45) is 0 Å². The highest BCUT2D eigenvalue weighted by atomic mass is 16.5. The summed E-state index contributed by atoms with van der Waals surface area (Å²) in [6.45, 7) is 4.63. The number of methoxy groups -OCH3 is 1. The largest absolute Gasteiger partial charge is 0.490 e. The van der Waals surface area contributed by atoms with Gasteiger partial charge in [0.05, 0.1) is 32.5 Å². The maximum absolute atomic E-state index is 12.6. The second-order valence-corrected chi connectivity index (χ2v) is 14.5. The van der Waals surface area contributed by atoms with Gasteiger partial charge in [0.1, 0.15) is 0 Å². The fourth-order valence-corrected chi connectivity index (χ4v) is 6.55. The average Bonchev–Trinajstić information content (AvgIpc) is 3.14. The van der Waals surface area contributed by atoms with Crippen molar-refractivity contribution in [3.63, 3.8) is 0 Å². The van der Waals surface area contributed by atoms with Gasteiger partial charge in [0.2, 0.25) is 5.75 Å². The minimum Gasteiger partial charge on any atom is -0.490 e. The molecule has 0 spiro atoms. The summed E-state index contributed by atoms with van der Waals surface area (Å²) in [5.41, 5.74) is 0.424. The Hall–Kier alpha value is -1.99. The maximum Gasteiger partial charge on any atom is 0.338 e. The minimum absolute atomic E-state index is 0.311. The number of carbonyl (C=O) groups excluding carboxylic acids is 1. The highest BCUT2D eigenvalue weighted by Gasteiger charge is 2.19. The van der Waals surface area contributed by atoms with E-state index >= 15 is 0 Å². The Balaban J connectivity index is 2.65. The van der Waals surface area contributed by atoms with Gasteiger partial charge in [-0.15, -0.1) is 0 Å². The van der Waals surface area contributed by atoms with Crippen LogP contribution in [0.5, 0.6) is 17.2 Å². The van der Waals surface area contributed by atoms with Gasteiger partial charge in [0, 0.05) is 13.2 Å².